The third-order valence-electron chi connectivity index (χ3n) is 6.44. The van der Waals surface area contributed by atoms with Crippen LogP contribution in [-0.2, 0) is 9.53 Å². The first-order valence-corrected chi connectivity index (χ1v) is 10.7. The van der Waals surface area contributed by atoms with Crippen molar-refractivity contribution in [1.29, 1.82) is 0 Å². The van der Waals surface area contributed by atoms with E-state index >= 15 is 0 Å². The van der Waals surface area contributed by atoms with E-state index in [4.69, 9.17) is 9.84 Å². The Hall–Kier alpha value is -1.57. The summed E-state index contributed by atoms with van der Waals surface area (Å²) in [5.41, 5.74) is -2.24. The summed E-state index contributed by atoms with van der Waals surface area (Å²) in [5, 5.41) is 19.0. The van der Waals surface area contributed by atoms with Crippen LogP contribution in [0.15, 0.2) is 24.0 Å². The molecule has 2 rings (SSSR count). The molecule has 4 nitrogen and oxygen atoms in total. The fourth-order valence-electron chi connectivity index (χ4n) is 4.33. The minimum Gasteiger partial charge on any atom is -0.492 e. The number of fused-ring (bicyclic) bond motifs is 1. The summed E-state index contributed by atoms with van der Waals surface area (Å²) >= 11 is 0. The zero-order valence-electron chi connectivity index (χ0n) is 17.5. The molecule has 1 saturated carbocycles. The maximum Gasteiger partial charge on any atom is 0.397 e. The van der Waals surface area contributed by atoms with E-state index in [9.17, 15) is 27.5 Å². The van der Waals surface area contributed by atoms with Crippen molar-refractivity contribution in [2.24, 2.45) is 17.3 Å². The molecule has 0 aromatic carbocycles. The minimum atomic E-state index is -4.55. The van der Waals surface area contributed by atoms with Gasteiger partial charge in [-0.2, -0.15) is 13.2 Å². The molecule has 2 N–H and O–H groups in total. The van der Waals surface area contributed by atoms with E-state index in [1.165, 1.54) is 12.2 Å². The van der Waals surface area contributed by atoms with Crippen molar-refractivity contribution in [2.45, 2.75) is 89.8 Å². The lowest BCUT2D eigenvalue weighted by Crippen LogP contribution is -2.44. The van der Waals surface area contributed by atoms with E-state index in [2.05, 4.69) is 0 Å². The highest BCUT2D eigenvalue weighted by Gasteiger charge is 2.54. The average Bonchev–Trinajstić information content (AvgIpc) is 3.20. The van der Waals surface area contributed by atoms with Gasteiger partial charge in [0.05, 0.1) is 11.5 Å². The Bertz CT molecular complexity index is 646. The predicted octanol–water partition coefficient (Wildman–Crippen LogP) is 5.56. The number of hydrogen-bond acceptors (Lipinski definition) is 3. The van der Waals surface area contributed by atoms with E-state index in [-0.39, 0.29) is 30.6 Å². The van der Waals surface area contributed by atoms with Crippen molar-refractivity contribution in [1.82, 2.24) is 0 Å². The van der Waals surface area contributed by atoms with Gasteiger partial charge in [0.15, 0.2) is 6.17 Å². The van der Waals surface area contributed by atoms with Gasteiger partial charge in [0.1, 0.15) is 11.9 Å². The Morgan fingerprint density at radius 3 is 2.60 bits per heavy atom. The lowest BCUT2D eigenvalue weighted by Gasteiger charge is -2.35. The number of aliphatic hydroxyl groups excluding tert-OH is 1. The molecule has 2 unspecified atom stereocenters. The van der Waals surface area contributed by atoms with Gasteiger partial charge in [0.25, 0.3) is 0 Å². The van der Waals surface area contributed by atoms with Crippen LogP contribution in [0.3, 0.4) is 0 Å². The van der Waals surface area contributed by atoms with Gasteiger partial charge >= 0.3 is 12.1 Å². The van der Waals surface area contributed by atoms with Crippen LogP contribution >= 0.6 is 0 Å². The zero-order chi connectivity index (χ0) is 22.5. The monoisotopic (exact) mass is 436 g/mol. The normalized spacial score (nSPS) is 31.0. The van der Waals surface area contributed by atoms with Gasteiger partial charge in [0.2, 0.25) is 0 Å². The van der Waals surface area contributed by atoms with Crippen molar-refractivity contribution in [3.05, 3.63) is 24.0 Å². The maximum absolute atomic E-state index is 14.9. The molecule has 2 aliphatic rings. The Morgan fingerprint density at radius 1 is 1.30 bits per heavy atom. The van der Waals surface area contributed by atoms with Crippen LogP contribution in [0.4, 0.5) is 17.6 Å². The highest BCUT2D eigenvalue weighted by atomic mass is 19.4. The molecular weight excluding hydrogens is 404 g/mol. The predicted molar refractivity (Wildman–Crippen MR) is 104 cm³/mol. The van der Waals surface area contributed by atoms with E-state index in [0.29, 0.717) is 38.5 Å². The van der Waals surface area contributed by atoms with Crippen molar-refractivity contribution in [3.8, 4) is 0 Å². The van der Waals surface area contributed by atoms with Gasteiger partial charge in [-0.25, -0.2) is 4.39 Å². The fraction of sp³-hybridized carbons (Fsp3) is 0.773. The second kappa shape index (κ2) is 10.2. The molecule has 0 spiro atoms. The summed E-state index contributed by atoms with van der Waals surface area (Å²) in [6.45, 7) is 2.83. The number of halogens is 4. The van der Waals surface area contributed by atoms with E-state index in [0.717, 1.165) is 6.92 Å². The molecule has 1 aliphatic carbocycles. The van der Waals surface area contributed by atoms with Crippen molar-refractivity contribution in [3.63, 3.8) is 0 Å². The molecule has 0 aromatic heterocycles. The molecule has 1 saturated heterocycles. The molecule has 6 atom stereocenters. The number of allylic oxidation sites excluding steroid dienone is 3. The van der Waals surface area contributed by atoms with Gasteiger partial charge in [-0.05, 0) is 51.0 Å². The molecule has 0 aromatic rings. The second-order valence-electron chi connectivity index (χ2n) is 8.62. The number of aliphatic hydroxyl groups is 1. The summed E-state index contributed by atoms with van der Waals surface area (Å²) < 4.78 is 61.3. The van der Waals surface area contributed by atoms with Gasteiger partial charge in [-0.15, -0.1) is 0 Å². The fourth-order valence-corrected chi connectivity index (χ4v) is 4.33. The lowest BCUT2D eigenvalue weighted by molar-refractivity contribution is -0.244. The molecule has 0 amide bonds. The number of alkyl halides is 4. The molecule has 2 fully saturated rings. The first-order chi connectivity index (χ1) is 14.0. The number of hydrogen-bond donors (Lipinski definition) is 2. The Morgan fingerprint density at radius 2 is 2.00 bits per heavy atom. The highest BCUT2D eigenvalue weighted by molar-refractivity contribution is 5.66. The quantitative estimate of drug-likeness (QED) is 0.267. The van der Waals surface area contributed by atoms with Crippen molar-refractivity contribution >= 4 is 5.97 Å². The molecule has 1 heterocycles. The largest absolute Gasteiger partial charge is 0.492 e. The number of rotatable bonds is 10. The number of carboxylic acids is 1. The van der Waals surface area contributed by atoms with Crippen LogP contribution in [-0.4, -0.2) is 40.7 Å². The Labute approximate surface area is 175 Å². The topological polar surface area (TPSA) is 66.8 Å². The van der Waals surface area contributed by atoms with Crippen LogP contribution in [0, 0.1) is 17.3 Å². The third-order valence-corrected chi connectivity index (χ3v) is 6.44. The number of unbranched alkanes of at least 4 members (excludes halogenated alkanes) is 2. The first kappa shape index (κ1) is 24.7. The number of ether oxygens (including phenoxy) is 1. The summed E-state index contributed by atoms with van der Waals surface area (Å²) in [5.74, 6) is -1.53. The first-order valence-electron chi connectivity index (χ1n) is 10.7. The van der Waals surface area contributed by atoms with Crippen LogP contribution < -0.4 is 0 Å². The molecule has 0 radical (unpaired) electrons. The van der Waals surface area contributed by atoms with Crippen LogP contribution in [0.5, 0.6) is 0 Å². The molecule has 1 aliphatic heterocycles. The van der Waals surface area contributed by atoms with Crippen molar-refractivity contribution < 1.29 is 37.3 Å². The maximum atomic E-state index is 14.9. The van der Waals surface area contributed by atoms with Crippen LogP contribution in [0.2, 0.25) is 0 Å². The van der Waals surface area contributed by atoms with E-state index in [1.54, 1.807) is 13.0 Å². The highest BCUT2D eigenvalue weighted by Crippen LogP contribution is 2.48. The smallest absolute Gasteiger partial charge is 0.397 e. The second-order valence-corrected chi connectivity index (χ2v) is 8.62. The van der Waals surface area contributed by atoms with Crippen LogP contribution in [0.25, 0.3) is 0 Å². The summed E-state index contributed by atoms with van der Waals surface area (Å²) in [6.07, 6.45) is -0.964. The van der Waals surface area contributed by atoms with Gasteiger partial charge in [-0.3, -0.25) is 4.79 Å². The summed E-state index contributed by atoms with van der Waals surface area (Å²) in [4.78, 5) is 10.6. The van der Waals surface area contributed by atoms with Gasteiger partial charge < -0.3 is 14.9 Å². The summed E-state index contributed by atoms with van der Waals surface area (Å²) in [7, 11) is 0. The number of aliphatic carboxylic acids is 1. The molecule has 0 bridgehead atoms. The number of carbonyl (C=O) groups is 1. The molecular formula is C22H32F4O4. The van der Waals surface area contributed by atoms with Crippen molar-refractivity contribution in [2.75, 3.05) is 0 Å². The third kappa shape index (κ3) is 5.56. The molecule has 8 heteroatoms. The Balaban J connectivity index is 2.04. The van der Waals surface area contributed by atoms with Crippen LogP contribution in [0.1, 0.15) is 65.2 Å². The zero-order valence-corrected chi connectivity index (χ0v) is 17.5. The van der Waals surface area contributed by atoms with Gasteiger partial charge in [-0.1, -0.05) is 31.9 Å². The van der Waals surface area contributed by atoms with E-state index in [1.807, 2.05) is 0 Å². The lowest BCUT2D eigenvalue weighted by atomic mass is 9.78. The van der Waals surface area contributed by atoms with E-state index < -0.39 is 35.8 Å². The minimum absolute atomic E-state index is 0.00710. The SMILES string of the molecule is CCCCC(C)([C@H](O)C=C[C@H]1CC[C@@H]2OC(=CCCCC(=O)O)C(F)[C@@H]21)C(F)(F)F. The van der Waals surface area contributed by atoms with Gasteiger partial charge in [0, 0.05) is 12.3 Å². The Kier molecular flexibility index (Phi) is 8.36. The standard InChI is InChI=1S/C22H32F4O4/c1-3-4-13-21(2,22(24,25)26)17(27)12-10-14-9-11-15-19(14)20(23)16(30-15)7-5-6-8-18(28)29/h7,10,12,14-15,17,19-20,27H,3-6,8-9,11,13H2,1-2H3,(H,28,29)/t14-,15+,17-,19-,20?,21?/m1/s1. The average molecular weight is 436 g/mol. The molecule has 172 valence electrons. The molecule has 30 heavy (non-hydrogen) atoms. The number of carboxylic acid groups (broad SMARTS) is 1. The summed E-state index contributed by atoms with van der Waals surface area (Å²) in [6, 6.07) is 0.